The highest BCUT2D eigenvalue weighted by Crippen LogP contribution is 2.24. The molecule has 0 saturated carbocycles. The van der Waals surface area contributed by atoms with E-state index in [2.05, 4.69) is 5.16 Å². The number of carbonyl (C=O) groups is 1. The summed E-state index contributed by atoms with van der Waals surface area (Å²) in [6.07, 6.45) is 0. The molecule has 0 aliphatic rings. The number of nitriles is 1. The minimum absolute atomic E-state index is 0.0493. The van der Waals surface area contributed by atoms with Crippen LogP contribution in [0.1, 0.15) is 21.6 Å². The van der Waals surface area contributed by atoms with Gasteiger partial charge in [-0.1, -0.05) is 11.2 Å². The largest absolute Gasteiger partial charge is 0.455 e. The summed E-state index contributed by atoms with van der Waals surface area (Å²) in [4.78, 5) is 12.0. The summed E-state index contributed by atoms with van der Waals surface area (Å²) in [6, 6.07) is 12.5. The number of halogens is 2. The van der Waals surface area contributed by atoms with Gasteiger partial charge in [-0.05, 0) is 30.3 Å². The third-order valence-corrected chi connectivity index (χ3v) is 3.33. The van der Waals surface area contributed by atoms with Gasteiger partial charge < -0.3 is 9.26 Å². The number of carbonyl (C=O) groups excluding carboxylic acids is 1. The van der Waals surface area contributed by atoms with Crippen LogP contribution in [0.5, 0.6) is 0 Å². The van der Waals surface area contributed by atoms with Crippen molar-refractivity contribution in [3.63, 3.8) is 0 Å². The molecular weight excluding hydrogens is 330 g/mol. The average molecular weight is 340 g/mol. The monoisotopic (exact) mass is 340 g/mol. The van der Waals surface area contributed by atoms with Crippen LogP contribution in [-0.2, 0) is 11.3 Å². The lowest BCUT2D eigenvalue weighted by Crippen LogP contribution is -2.05. The van der Waals surface area contributed by atoms with Crippen LogP contribution in [0, 0.1) is 23.0 Å². The van der Waals surface area contributed by atoms with Gasteiger partial charge in [-0.2, -0.15) is 5.26 Å². The second-order valence-corrected chi connectivity index (χ2v) is 5.08. The fourth-order valence-electron chi connectivity index (χ4n) is 2.13. The van der Waals surface area contributed by atoms with E-state index in [1.807, 2.05) is 6.07 Å². The van der Waals surface area contributed by atoms with E-state index >= 15 is 0 Å². The predicted molar refractivity (Wildman–Crippen MR) is 82.1 cm³/mol. The zero-order chi connectivity index (χ0) is 17.8. The number of rotatable bonds is 4. The lowest BCUT2D eigenvalue weighted by Gasteiger charge is -2.02. The number of aromatic nitrogens is 1. The van der Waals surface area contributed by atoms with E-state index in [0.29, 0.717) is 5.56 Å². The Kier molecular flexibility index (Phi) is 4.53. The van der Waals surface area contributed by atoms with Crippen molar-refractivity contribution in [1.82, 2.24) is 5.16 Å². The predicted octanol–water partition coefficient (Wildman–Crippen LogP) is 3.85. The van der Waals surface area contributed by atoms with Crippen LogP contribution in [0.4, 0.5) is 8.78 Å². The van der Waals surface area contributed by atoms with Crippen LogP contribution in [0.2, 0.25) is 0 Å². The number of benzene rings is 2. The molecule has 0 radical (unpaired) electrons. The molecule has 3 rings (SSSR count). The Bertz CT molecular complexity index is 976. The molecule has 7 heteroatoms. The first-order chi connectivity index (χ1) is 12.1. The Morgan fingerprint density at radius 1 is 1.20 bits per heavy atom. The Morgan fingerprint density at radius 3 is 2.80 bits per heavy atom. The molecular formula is C18H10F2N2O3. The standard InChI is InChI=1S/C18H10F2N2O3/c19-13-4-5-15(16(20)7-13)17-8-14(22-25-17)10-24-18(23)12-3-1-2-11(6-12)9-21/h1-8H,10H2. The van der Waals surface area contributed by atoms with E-state index in [0.717, 1.165) is 12.1 Å². The first kappa shape index (κ1) is 16.3. The van der Waals surface area contributed by atoms with Gasteiger partial charge >= 0.3 is 5.97 Å². The van der Waals surface area contributed by atoms with Crippen LogP contribution in [0.3, 0.4) is 0 Å². The molecule has 0 bridgehead atoms. The summed E-state index contributed by atoms with van der Waals surface area (Å²) in [7, 11) is 0. The maximum Gasteiger partial charge on any atom is 0.338 e. The van der Waals surface area contributed by atoms with E-state index < -0.39 is 17.6 Å². The summed E-state index contributed by atoms with van der Waals surface area (Å²) in [5.41, 5.74) is 0.883. The number of ether oxygens (including phenoxy) is 1. The van der Waals surface area contributed by atoms with Crippen LogP contribution >= 0.6 is 0 Å². The van der Waals surface area contributed by atoms with Gasteiger partial charge in [0.1, 0.15) is 23.9 Å². The summed E-state index contributed by atoms with van der Waals surface area (Å²) < 4.78 is 36.7. The van der Waals surface area contributed by atoms with E-state index in [-0.39, 0.29) is 29.2 Å². The molecule has 1 heterocycles. The molecule has 0 aliphatic carbocycles. The van der Waals surface area contributed by atoms with Crippen molar-refractivity contribution in [3.05, 3.63) is 77.0 Å². The van der Waals surface area contributed by atoms with Crippen LogP contribution in [0.15, 0.2) is 53.1 Å². The second-order valence-electron chi connectivity index (χ2n) is 5.08. The normalized spacial score (nSPS) is 10.3. The van der Waals surface area contributed by atoms with Crippen LogP contribution in [-0.4, -0.2) is 11.1 Å². The quantitative estimate of drug-likeness (QED) is 0.674. The van der Waals surface area contributed by atoms with Crippen molar-refractivity contribution in [3.8, 4) is 17.4 Å². The number of hydrogen-bond donors (Lipinski definition) is 0. The topological polar surface area (TPSA) is 76.1 Å². The molecule has 2 aromatic carbocycles. The molecule has 0 fully saturated rings. The first-order valence-electron chi connectivity index (χ1n) is 7.15. The van der Waals surface area contributed by atoms with Crippen LogP contribution in [0.25, 0.3) is 11.3 Å². The fourth-order valence-corrected chi connectivity index (χ4v) is 2.13. The van der Waals surface area contributed by atoms with E-state index in [1.165, 1.54) is 24.3 Å². The highest BCUT2D eigenvalue weighted by Gasteiger charge is 2.14. The maximum atomic E-state index is 13.7. The SMILES string of the molecule is N#Cc1cccc(C(=O)OCc2cc(-c3ccc(F)cc3F)on2)c1. The number of hydrogen-bond acceptors (Lipinski definition) is 5. The van der Waals surface area contributed by atoms with E-state index in [1.54, 1.807) is 12.1 Å². The molecule has 124 valence electrons. The third kappa shape index (κ3) is 3.70. The first-order valence-corrected chi connectivity index (χ1v) is 7.15. The highest BCUT2D eigenvalue weighted by atomic mass is 19.1. The highest BCUT2D eigenvalue weighted by molar-refractivity contribution is 5.89. The Morgan fingerprint density at radius 2 is 2.04 bits per heavy atom. The zero-order valence-electron chi connectivity index (χ0n) is 12.7. The van der Waals surface area contributed by atoms with Crippen molar-refractivity contribution >= 4 is 5.97 Å². The molecule has 0 N–H and O–H groups in total. The van der Waals surface area contributed by atoms with E-state index in [4.69, 9.17) is 14.5 Å². The van der Waals surface area contributed by atoms with Crippen molar-refractivity contribution in [2.24, 2.45) is 0 Å². The zero-order valence-corrected chi connectivity index (χ0v) is 12.7. The van der Waals surface area contributed by atoms with Crippen molar-refractivity contribution in [2.75, 3.05) is 0 Å². The molecule has 5 nitrogen and oxygen atoms in total. The van der Waals surface area contributed by atoms with Crippen molar-refractivity contribution < 1.29 is 22.8 Å². The van der Waals surface area contributed by atoms with Gasteiger partial charge in [0.05, 0.1) is 22.8 Å². The molecule has 3 aromatic rings. The fraction of sp³-hybridized carbons (Fsp3) is 0.0556. The lowest BCUT2D eigenvalue weighted by molar-refractivity contribution is 0.0464. The summed E-state index contributed by atoms with van der Waals surface area (Å²) in [6.45, 7) is -0.193. The van der Waals surface area contributed by atoms with Crippen molar-refractivity contribution in [1.29, 1.82) is 5.26 Å². The molecule has 0 aliphatic heterocycles. The lowest BCUT2D eigenvalue weighted by atomic mass is 10.1. The number of nitrogens with zero attached hydrogens (tertiary/aromatic N) is 2. The van der Waals surface area contributed by atoms with Gasteiger partial charge in [0.15, 0.2) is 5.76 Å². The van der Waals surface area contributed by atoms with Gasteiger partial charge in [-0.3, -0.25) is 0 Å². The van der Waals surface area contributed by atoms with Crippen LogP contribution < -0.4 is 0 Å². The minimum atomic E-state index is -0.784. The molecule has 0 unspecified atom stereocenters. The summed E-state index contributed by atoms with van der Waals surface area (Å²) in [5.74, 6) is -2.02. The van der Waals surface area contributed by atoms with Gasteiger partial charge in [-0.15, -0.1) is 0 Å². The second kappa shape index (κ2) is 6.93. The van der Waals surface area contributed by atoms with E-state index in [9.17, 15) is 13.6 Å². The summed E-state index contributed by atoms with van der Waals surface area (Å²) >= 11 is 0. The number of esters is 1. The molecule has 0 amide bonds. The third-order valence-electron chi connectivity index (χ3n) is 3.33. The Hall–Kier alpha value is -3.53. The van der Waals surface area contributed by atoms with Crippen molar-refractivity contribution in [2.45, 2.75) is 6.61 Å². The smallest absolute Gasteiger partial charge is 0.338 e. The summed E-state index contributed by atoms with van der Waals surface area (Å²) in [5, 5.41) is 12.5. The Balaban J connectivity index is 1.69. The van der Waals surface area contributed by atoms with Gasteiger partial charge in [0, 0.05) is 12.1 Å². The minimum Gasteiger partial charge on any atom is -0.455 e. The Labute approximate surface area is 141 Å². The molecule has 0 spiro atoms. The van der Waals surface area contributed by atoms with Gasteiger partial charge in [0.2, 0.25) is 0 Å². The van der Waals surface area contributed by atoms with Gasteiger partial charge in [0.25, 0.3) is 0 Å². The van der Waals surface area contributed by atoms with Gasteiger partial charge in [-0.25, -0.2) is 13.6 Å². The molecule has 25 heavy (non-hydrogen) atoms. The molecule has 0 saturated heterocycles. The molecule has 0 atom stereocenters. The maximum absolute atomic E-state index is 13.7. The molecule has 1 aromatic heterocycles. The average Bonchev–Trinajstić information content (AvgIpc) is 3.08.